The van der Waals surface area contributed by atoms with Crippen LogP contribution in [0.25, 0.3) is 0 Å². The summed E-state index contributed by atoms with van der Waals surface area (Å²) >= 11 is 0. The van der Waals surface area contributed by atoms with Crippen LogP contribution >= 0.6 is 0 Å². The van der Waals surface area contributed by atoms with Crippen LogP contribution in [-0.4, -0.2) is 7.05 Å². The quantitative estimate of drug-likeness (QED) is 0.633. The van der Waals surface area contributed by atoms with E-state index in [2.05, 4.69) is 5.32 Å². The summed E-state index contributed by atoms with van der Waals surface area (Å²) in [5.41, 5.74) is 0.801. The van der Waals surface area contributed by atoms with E-state index in [1.165, 1.54) is 12.1 Å². The molecule has 0 fully saturated rings. The summed E-state index contributed by atoms with van der Waals surface area (Å²) in [7, 11) is 1.76. The largest absolute Gasteiger partial charge is 0.388 e. The van der Waals surface area contributed by atoms with Crippen molar-refractivity contribution >= 4 is 5.69 Å². The Bertz CT molecular complexity index is 198. The van der Waals surface area contributed by atoms with Crippen LogP contribution in [0.4, 0.5) is 10.1 Å². The van der Waals surface area contributed by atoms with E-state index in [-0.39, 0.29) is 13.2 Å². The van der Waals surface area contributed by atoms with Gasteiger partial charge in [-0.25, -0.2) is 4.39 Å². The highest BCUT2D eigenvalue weighted by atomic mass is 19.1. The first-order chi connectivity index (χ1) is 4.33. The molecule has 2 heteroatoms. The smallest absolute Gasteiger partial charge is 0.125 e. The lowest BCUT2D eigenvalue weighted by Crippen LogP contribution is -1.86. The predicted molar refractivity (Wildman–Crippen MR) is 42.7 cm³/mol. The molecule has 0 aromatic heterocycles. The first-order valence-corrected chi connectivity index (χ1v) is 2.76. The molecule has 0 atom stereocenters. The van der Waals surface area contributed by atoms with Crippen molar-refractivity contribution < 1.29 is 4.39 Å². The normalized spacial score (nSPS) is 8.20. The fourth-order valence-electron chi connectivity index (χ4n) is 0.644. The lowest BCUT2D eigenvalue weighted by atomic mass is 10.3. The van der Waals surface area contributed by atoms with E-state index in [0.29, 0.717) is 0 Å². The summed E-state index contributed by atoms with van der Waals surface area (Å²) in [6, 6.07) is 6.34. The summed E-state index contributed by atoms with van der Waals surface area (Å²) in [5, 5.41) is 2.83. The number of anilines is 1. The third-order valence-corrected chi connectivity index (χ3v) is 1.11. The standard InChI is InChI=1S/C7H8FN.CH4/c1-9-7-4-2-3-6(8)5-7;/h2-5,9H,1H3;1H4. The molecule has 0 bridgehead atoms. The van der Waals surface area contributed by atoms with Gasteiger partial charge in [0, 0.05) is 12.7 Å². The van der Waals surface area contributed by atoms with E-state index in [0.717, 1.165) is 5.69 Å². The van der Waals surface area contributed by atoms with E-state index in [9.17, 15) is 4.39 Å². The molecular formula is C8H12FN. The van der Waals surface area contributed by atoms with Gasteiger partial charge in [-0.3, -0.25) is 0 Å². The highest BCUT2D eigenvalue weighted by Gasteiger charge is 1.88. The lowest BCUT2D eigenvalue weighted by molar-refractivity contribution is 0.628. The maximum absolute atomic E-state index is 12.3. The molecular weight excluding hydrogens is 129 g/mol. The zero-order valence-corrected chi connectivity index (χ0v) is 5.19. The SMILES string of the molecule is C.CNc1cccc(F)c1. The molecule has 0 heterocycles. The third kappa shape index (κ3) is 2.05. The number of nitrogens with one attached hydrogen (secondary N) is 1. The van der Waals surface area contributed by atoms with Gasteiger partial charge in [0.15, 0.2) is 0 Å². The van der Waals surface area contributed by atoms with E-state index in [1.54, 1.807) is 13.1 Å². The van der Waals surface area contributed by atoms with E-state index >= 15 is 0 Å². The minimum Gasteiger partial charge on any atom is -0.388 e. The average Bonchev–Trinajstić information content (AvgIpc) is 1.88. The number of hydrogen-bond donors (Lipinski definition) is 1. The van der Waals surface area contributed by atoms with Gasteiger partial charge in [-0.15, -0.1) is 0 Å². The molecule has 0 aliphatic rings. The summed E-state index contributed by atoms with van der Waals surface area (Å²) in [4.78, 5) is 0. The molecule has 56 valence electrons. The molecule has 0 aliphatic heterocycles. The molecule has 0 radical (unpaired) electrons. The summed E-state index contributed by atoms with van der Waals surface area (Å²) in [5.74, 6) is -0.207. The Kier molecular flexibility index (Phi) is 3.47. The second kappa shape index (κ2) is 3.88. The van der Waals surface area contributed by atoms with Gasteiger partial charge in [0.05, 0.1) is 0 Å². The van der Waals surface area contributed by atoms with E-state index < -0.39 is 0 Å². The van der Waals surface area contributed by atoms with Crippen LogP contribution in [0.15, 0.2) is 24.3 Å². The molecule has 0 saturated carbocycles. The molecule has 0 unspecified atom stereocenters. The third-order valence-electron chi connectivity index (χ3n) is 1.11. The minimum atomic E-state index is -0.207. The fourth-order valence-corrected chi connectivity index (χ4v) is 0.644. The maximum atomic E-state index is 12.3. The zero-order valence-electron chi connectivity index (χ0n) is 5.19. The molecule has 0 spiro atoms. The van der Waals surface area contributed by atoms with Gasteiger partial charge in [0.1, 0.15) is 5.82 Å². The minimum absolute atomic E-state index is 0. The Hall–Kier alpha value is -1.05. The Morgan fingerprint density at radius 1 is 1.40 bits per heavy atom. The monoisotopic (exact) mass is 141 g/mol. The predicted octanol–water partition coefficient (Wildman–Crippen LogP) is 2.50. The van der Waals surface area contributed by atoms with E-state index in [4.69, 9.17) is 0 Å². The Morgan fingerprint density at radius 2 is 2.10 bits per heavy atom. The topological polar surface area (TPSA) is 12.0 Å². The second-order valence-electron chi connectivity index (χ2n) is 1.76. The molecule has 1 aromatic rings. The van der Waals surface area contributed by atoms with Crippen molar-refractivity contribution in [1.29, 1.82) is 0 Å². The van der Waals surface area contributed by atoms with Crippen molar-refractivity contribution in [3.05, 3.63) is 30.1 Å². The highest BCUT2D eigenvalue weighted by Crippen LogP contribution is 2.06. The maximum Gasteiger partial charge on any atom is 0.125 e. The molecule has 0 aliphatic carbocycles. The first-order valence-electron chi connectivity index (χ1n) is 2.76. The summed E-state index contributed by atoms with van der Waals surface area (Å²) < 4.78 is 12.3. The van der Waals surface area contributed by atoms with Gasteiger partial charge in [0.2, 0.25) is 0 Å². The second-order valence-corrected chi connectivity index (χ2v) is 1.76. The number of rotatable bonds is 1. The summed E-state index contributed by atoms with van der Waals surface area (Å²) in [6.45, 7) is 0. The Morgan fingerprint density at radius 3 is 2.50 bits per heavy atom. The van der Waals surface area contributed by atoms with Crippen molar-refractivity contribution in [2.75, 3.05) is 12.4 Å². The molecule has 10 heavy (non-hydrogen) atoms. The van der Waals surface area contributed by atoms with Crippen LogP contribution in [0.5, 0.6) is 0 Å². The fraction of sp³-hybridized carbons (Fsp3) is 0.250. The van der Waals surface area contributed by atoms with Crippen LogP contribution in [0, 0.1) is 5.82 Å². The molecule has 1 nitrogen and oxygen atoms in total. The van der Waals surface area contributed by atoms with Crippen molar-refractivity contribution in [2.24, 2.45) is 0 Å². The number of benzene rings is 1. The van der Waals surface area contributed by atoms with Gasteiger partial charge in [-0.2, -0.15) is 0 Å². The van der Waals surface area contributed by atoms with Crippen molar-refractivity contribution in [2.45, 2.75) is 7.43 Å². The average molecular weight is 141 g/mol. The van der Waals surface area contributed by atoms with Crippen LogP contribution in [0.3, 0.4) is 0 Å². The number of halogens is 1. The van der Waals surface area contributed by atoms with Crippen molar-refractivity contribution in [3.63, 3.8) is 0 Å². The molecule has 1 N–H and O–H groups in total. The van der Waals surface area contributed by atoms with Crippen LogP contribution < -0.4 is 5.32 Å². The van der Waals surface area contributed by atoms with Crippen LogP contribution in [0.1, 0.15) is 7.43 Å². The van der Waals surface area contributed by atoms with Crippen LogP contribution in [-0.2, 0) is 0 Å². The Balaban J connectivity index is 0.000000810. The molecule has 1 aromatic carbocycles. The highest BCUT2D eigenvalue weighted by molar-refractivity contribution is 5.41. The van der Waals surface area contributed by atoms with E-state index in [1.807, 2.05) is 6.07 Å². The van der Waals surface area contributed by atoms with Crippen molar-refractivity contribution in [3.8, 4) is 0 Å². The van der Waals surface area contributed by atoms with Gasteiger partial charge < -0.3 is 5.32 Å². The molecule has 0 saturated heterocycles. The zero-order chi connectivity index (χ0) is 6.69. The molecule has 1 rings (SSSR count). The van der Waals surface area contributed by atoms with Gasteiger partial charge >= 0.3 is 0 Å². The molecule has 0 amide bonds. The van der Waals surface area contributed by atoms with Gasteiger partial charge in [-0.1, -0.05) is 13.5 Å². The Labute approximate surface area is 60.9 Å². The number of hydrogen-bond acceptors (Lipinski definition) is 1. The summed E-state index contributed by atoms with van der Waals surface area (Å²) in [6.07, 6.45) is 0. The van der Waals surface area contributed by atoms with Gasteiger partial charge in [0.25, 0.3) is 0 Å². The first kappa shape index (κ1) is 8.95. The lowest BCUT2D eigenvalue weighted by Gasteiger charge is -1.96. The van der Waals surface area contributed by atoms with Crippen molar-refractivity contribution in [1.82, 2.24) is 0 Å². The van der Waals surface area contributed by atoms with Gasteiger partial charge in [-0.05, 0) is 18.2 Å². The van der Waals surface area contributed by atoms with Crippen LogP contribution in [0.2, 0.25) is 0 Å².